The molecule has 0 spiro atoms. The molecule has 2 aromatic carbocycles. The number of nitrogens with zero attached hydrogens (tertiary/aromatic N) is 1. The number of hydrogen-bond donors (Lipinski definition) is 1. The van der Waals surface area contributed by atoms with Crippen LogP contribution >= 0.6 is 11.8 Å². The molecule has 2 amide bonds. The second-order valence-corrected chi connectivity index (χ2v) is 6.33. The van der Waals surface area contributed by atoms with Crippen molar-refractivity contribution < 1.29 is 14.3 Å². The Balaban J connectivity index is 1.65. The fourth-order valence-electron chi connectivity index (χ4n) is 2.41. The molecular weight excluding hydrogens is 324 g/mol. The molecule has 3 rings (SSSR count). The summed E-state index contributed by atoms with van der Waals surface area (Å²) in [5, 5.41) is 2.27. The number of thioether (sulfide) groups is 1. The van der Waals surface area contributed by atoms with Crippen molar-refractivity contribution in [1.29, 1.82) is 0 Å². The van der Waals surface area contributed by atoms with Gasteiger partial charge in [0.15, 0.2) is 5.37 Å². The van der Waals surface area contributed by atoms with Crippen molar-refractivity contribution in [3.63, 3.8) is 0 Å². The predicted octanol–water partition coefficient (Wildman–Crippen LogP) is 3.72. The van der Waals surface area contributed by atoms with E-state index in [2.05, 4.69) is 5.32 Å². The van der Waals surface area contributed by atoms with Gasteiger partial charge in [0.2, 0.25) is 0 Å². The van der Waals surface area contributed by atoms with Crippen molar-refractivity contribution in [3.8, 4) is 5.75 Å². The third-order valence-corrected chi connectivity index (χ3v) is 4.55. The molecule has 1 aliphatic heterocycles. The van der Waals surface area contributed by atoms with E-state index in [9.17, 15) is 9.59 Å². The number of carbonyl (C=O) groups is 2. The average Bonchev–Trinajstić information content (AvgIpc) is 2.85. The molecule has 2 aromatic rings. The summed E-state index contributed by atoms with van der Waals surface area (Å²) < 4.78 is 5.39. The highest BCUT2D eigenvalue weighted by Crippen LogP contribution is 2.30. The van der Waals surface area contributed by atoms with Crippen molar-refractivity contribution >= 4 is 28.6 Å². The first-order chi connectivity index (χ1) is 11.7. The first-order valence-electron chi connectivity index (χ1n) is 7.72. The minimum Gasteiger partial charge on any atom is -0.494 e. The highest BCUT2D eigenvalue weighted by molar-refractivity contribution is 8.15. The van der Waals surface area contributed by atoms with Crippen molar-refractivity contribution in [2.45, 2.75) is 18.8 Å². The molecule has 1 N–H and O–H groups in total. The van der Waals surface area contributed by atoms with Gasteiger partial charge in [-0.25, -0.2) is 0 Å². The highest BCUT2D eigenvalue weighted by Gasteiger charge is 2.39. The van der Waals surface area contributed by atoms with Crippen LogP contribution in [0.2, 0.25) is 0 Å². The Bertz CT molecular complexity index is 719. The number of rotatable bonds is 6. The number of imide groups is 1. The summed E-state index contributed by atoms with van der Waals surface area (Å²) in [5.41, 5.74) is 1.71. The van der Waals surface area contributed by atoms with Gasteiger partial charge in [0.1, 0.15) is 5.75 Å². The van der Waals surface area contributed by atoms with Crippen LogP contribution in [0.25, 0.3) is 0 Å². The molecule has 124 valence electrons. The van der Waals surface area contributed by atoms with Gasteiger partial charge in [-0.3, -0.25) is 14.5 Å². The second-order valence-electron chi connectivity index (χ2n) is 5.28. The maximum Gasteiger partial charge on any atom is 0.291 e. The number of carbonyl (C=O) groups excluding carboxylic acids is 2. The molecule has 24 heavy (non-hydrogen) atoms. The molecule has 6 heteroatoms. The number of nitrogens with one attached hydrogen (secondary N) is 1. The van der Waals surface area contributed by atoms with Gasteiger partial charge in [-0.15, -0.1) is 0 Å². The standard InChI is InChI=1S/C18H18N2O3S/c1-2-23-15-10-8-14(9-11-15)19-16-17(21)20(18(22)24-16)12-13-6-4-3-5-7-13/h3-11,16,19H,2,12H2,1H3/t16-/m0/s1. The molecule has 1 aliphatic rings. The number of anilines is 1. The molecule has 0 aliphatic carbocycles. The monoisotopic (exact) mass is 342 g/mol. The Hall–Kier alpha value is -2.47. The summed E-state index contributed by atoms with van der Waals surface area (Å²) in [4.78, 5) is 25.9. The molecule has 5 nitrogen and oxygen atoms in total. The molecule has 1 heterocycles. The Labute approximate surface area is 145 Å². The number of hydrogen-bond acceptors (Lipinski definition) is 5. The Morgan fingerprint density at radius 2 is 1.79 bits per heavy atom. The molecule has 1 atom stereocenters. The molecule has 1 fully saturated rings. The van der Waals surface area contributed by atoms with Gasteiger partial charge in [-0.05, 0) is 48.5 Å². The Kier molecular flexibility index (Phi) is 5.05. The van der Waals surface area contributed by atoms with Gasteiger partial charge >= 0.3 is 0 Å². The van der Waals surface area contributed by atoms with Crippen LogP contribution in [0.15, 0.2) is 54.6 Å². The van der Waals surface area contributed by atoms with E-state index in [-0.39, 0.29) is 11.1 Å². The minimum absolute atomic E-state index is 0.220. The summed E-state index contributed by atoms with van der Waals surface area (Å²) in [5.74, 6) is 0.554. The molecule has 0 bridgehead atoms. The van der Waals surface area contributed by atoms with Gasteiger partial charge in [0.25, 0.3) is 11.1 Å². The zero-order chi connectivity index (χ0) is 16.9. The first-order valence-corrected chi connectivity index (χ1v) is 8.60. The van der Waals surface area contributed by atoms with E-state index in [4.69, 9.17) is 4.74 Å². The van der Waals surface area contributed by atoms with Crippen molar-refractivity contribution in [3.05, 3.63) is 60.2 Å². The zero-order valence-electron chi connectivity index (χ0n) is 13.3. The lowest BCUT2D eigenvalue weighted by atomic mass is 10.2. The molecule has 0 saturated carbocycles. The number of ether oxygens (including phenoxy) is 1. The van der Waals surface area contributed by atoms with Crippen LogP contribution in [0, 0.1) is 0 Å². The van der Waals surface area contributed by atoms with Gasteiger partial charge in [0.05, 0.1) is 13.2 Å². The summed E-state index contributed by atoms with van der Waals surface area (Å²) in [6.07, 6.45) is 0. The zero-order valence-corrected chi connectivity index (χ0v) is 14.1. The Morgan fingerprint density at radius 3 is 2.46 bits per heavy atom. The lowest BCUT2D eigenvalue weighted by Gasteiger charge is -2.15. The highest BCUT2D eigenvalue weighted by atomic mass is 32.2. The molecule has 0 aromatic heterocycles. The fourth-order valence-corrected chi connectivity index (χ4v) is 3.32. The molecular formula is C18H18N2O3S. The van der Waals surface area contributed by atoms with Crippen LogP contribution in [0.4, 0.5) is 10.5 Å². The largest absolute Gasteiger partial charge is 0.494 e. The van der Waals surface area contributed by atoms with Crippen LogP contribution in [-0.4, -0.2) is 28.0 Å². The van der Waals surface area contributed by atoms with Crippen LogP contribution in [0.3, 0.4) is 0 Å². The van der Waals surface area contributed by atoms with E-state index in [1.165, 1.54) is 4.90 Å². The van der Waals surface area contributed by atoms with Crippen LogP contribution in [-0.2, 0) is 11.3 Å². The van der Waals surface area contributed by atoms with E-state index in [0.717, 1.165) is 28.8 Å². The third-order valence-electron chi connectivity index (χ3n) is 3.58. The van der Waals surface area contributed by atoms with Gasteiger partial charge in [-0.1, -0.05) is 30.3 Å². The first kappa shape index (κ1) is 16.4. The van der Waals surface area contributed by atoms with Crippen LogP contribution in [0.5, 0.6) is 5.75 Å². The van der Waals surface area contributed by atoms with Crippen molar-refractivity contribution in [2.24, 2.45) is 0 Å². The van der Waals surface area contributed by atoms with E-state index in [1.54, 1.807) is 0 Å². The van der Waals surface area contributed by atoms with E-state index in [1.807, 2.05) is 61.5 Å². The van der Waals surface area contributed by atoms with Crippen LogP contribution in [0.1, 0.15) is 12.5 Å². The van der Waals surface area contributed by atoms with Gasteiger partial charge < -0.3 is 10.1 Å². The van der Waals surface area contributed by atoms with E-state index in [0.29, 0.717) is 13.2 Å². The quantitative estimate of drug-likeness (QED) is 0.867. The van der Waals surface area contributed by atoms with Gasteiger partial charge in [-0.2, -0.15) is 0 Å². The molecule has 0 unspecified atom stereocenters. The average molecular weight is 342 g/mol. The topological polar surface area (TPSA) is 58.6 Å². The molecule has 0 radical (unpaired) electrons. The second kappa shape index (κ2) is 7.40. The SMILES string of the molecule is CCOc1ccc(N[C@H]2SC(=O)N(Cc3ccccc3)C2=O)cc1. The normalized spacial score (nSPS) is 17.2. The van der Waals surface area contributed by atoms with Crippen molar-refractivity contribution in [1.82, 2.24) is 4.90 Å². The van der Waals surface area contributed by atoms with E-state index < -0.39 is 5.37 Å². The lowest BCUT2D eigenvalue weighted by molar-refractivity contribution is -0.126. The summed E-state index contributed by atoms with van der Waals surface area (Å²) in [7, 11) is 0. The maximum absolute atomic E-state index is 12.5. The van der Waals surface area contributed by atoms with E-state index >= 15 is 0 Å². The molecule has 1 saturated heterocycles. The fraction of sp³-hybridized carbons (Fsp3) is 0.222. The lowest BCUT2D eigenvalue weighted by Crippen LogP contribution is -2.33. The van der Waals surface area contributed by atoms with Crippen molar-refractivity contribution in [2.75, 3.05) is 11.9 Å². The number of amides is 2. The smallest absolute Gasteiger partial charge is 0.291 e. The third kappa shape index (κ3) is 3.71. The summed E-state index contributed by atoms with van der Waals surface area (Å²) in [6.45, 7) is 2.83. The summed E-state index contributed by atoms with van der Waals surface area (Å²) in [6, 6.07) is 16.8. The maximum atomic E-state index is 12.5. The van der Waals surface area contributed by atoms with Gasteiger partial charge in [0, 0.05) is 5.69 Å². The van der Waals surface area contributed by atoms with Crippen LogP contribution < -0.4 is 10.1 Å². The number of benzene rings is 2. The summed E-state index contributed by atoms with van der Waals surface area (Å²) >= 11 is 1.01. The minimum atomic E-state index is -0.598. The Morgan fingerprint density at radius 1 is 1.08 bits per heavy atom. The predicted molar refractivity (Wildman–Crippen MR) is 95.0 cm³/mol.